The third kappa shape index (κ3) is 6.93. The summed E-state index contributed by atoms with van der Waals surface area (Å²) in [5.41, 5.74) is 1.73. The molecule has 0 aromatic heterocycles. The first-order chi connectivity index (χ1) is 13.6. The lowest BCUT2D eigenvalue weighted by Crippen LogP contribution is -2.34. The fraction of sp³-hybridized carbons (Fsp3) is 0.458. The summed E-state index contributed by atoms with van der Waals surface area (Å²) in [6, 6.07) is 5.72. The van der Waals surface area contributed by atoms with Crippen LogP contribution in [0.3, 0.4) is 0 Å². The Kier molecular flexibility index (Phi) is 7.91. The molecule has 1 atom stereocenters. The highest BCUT2D eigenvalue weighted by molar-refractivity contribution is 5.95. The Balaban J connectivity index is 2.21. The summed E-state index contributed by atoms with van der Waals surface area (Å²) < 4.78 is 27.2. The Morgan fingerprint density at radius 2 is 1.90 bits per heavy atom. The smallest absolute Gasteiger partial charge is 0.253 e. The molecular formula is C24H32F2N2O. The summed E-state index contributed by atoms with van der Waals surface area (Å²) in [6.07, 6.45) is 6.61. The van der Waals surface area contributed by atoms with Crippen molar-refractivity contribution < 1.29 is 13.6 Å². The number of aryl methyl sites for hydroxylation is 1. The molecule has 0 radical (unpaired) electrons. The van der Waals surface area contributed by atoms with E-state index in [4.69, 9.17) is 0 Å². The standard InChI is InChI=1S/C24H32F2N2O/c1-18(8-6-11-24(4,26)17-20(3)25)22-16-21(10-9-19(22)2)23(29)28-13-7-12-27(5)14-15-28/h6,8-11,16-17H,7,12-15H2,1-5H3/b11-6-,18-8+,20-17+. The molecular weight excluding hydrogens is 370 g/mol. The number of hydrogen-bond donors (Lipinski definition) is 0. The van der Waals surface area contributed by atoms with Crippen LogP contribution in [-0.4, -0.2) is 54.6 Å². The molecule has 0 saturated carbocycles. The van der Waals surface area contributed by atoms with E-state index in [1.54, 1.807) is 12.2 Å². The molecule has 1 aromatic carbocycles. The monoisotopic (exact) mass is 402 g/mol. The Labute approximate surface area is 173 Å². The number of halogens is 2. The van der Waals surface area contributed by atoms with Crippen molar-refractivity contribution in [1.29, 1.82) is 0 Å². The molecule has 5 heteroatoms. The number of rotatable bonds is 5. The number of alkyl halides is 1. The zero-order chi connectivity index (χ0) is 21.6. The molecule has 0 bridgehead atoms. The van der Waals surface area contributed by atoms with Gasteiger partial charge in [-0.15, -0.1) is 0 Å². The van der Waals surface area contributed by atoms with Gasteiger partial charge in [-0.1, -0.05) is 18.2 Å². The summed E-state index contributed by atoms with van der Waals surface area (Å²) >= 11 is 0. The van der Waals surface area contributed by atoms with E-state index in [1.165, 1.54) is 19.9 Å². The van der Waals surface area contributed by atoms with Crippen LogP contribution in [0.25, 0.3) is 5.57 Å². The van der Waals surface area contributed by atoms with E-state index in [-0.39, 0.29) is 5.91 Å². The Morgan fingerprint density at radius 1 is 1.17 bits per heavy atom. The van der Waals surface area contributed by atoms with E-state index < -0.39 is 11.5 Å². The topological polar surface area (TPSA) is 23.6 Å². The largest absolute Gasteiger partial charge is 0.337 e. The van der Waals surface area contributed by atoms with E-state index in [0.717, 1.165) is 55.4 Å². The summed E-state index contributed by atoms with van der Waals surface area (Å²) in [7, 11) is 2.08. The summed E-state index contributed by atoms with van der Waals surface area (Å²) in [6.45, 7) is 9.81. The minimum Gasteiger partial charge on any atom is -0.337 e. The first kappa shape index (κ1) is 23.0. The molecule has 0 N–H and O–H groups in total. The average molecular weight is 403 g/mol. The maximum Gasteiger partial charge on any atom is 0.253 e. The van der Waals surface area contributed by atoms with Gasteiger partial charge in [0.15, 0.2) is 0 Å². The van der Waals surface area contributed by atoms with Crippen molar-refractivity contribution in [1.82, 2.24) is 9.80 Å². The molecule has 1 aliphatic heterocycles. The molecule has 158 valence electrons. The van der Waals surface area contributed by atoms with Gasteiger partial charge in [-0.2, -0.15) is 0 Å². The molecule has 1 aliphatic rings. The van der Waals surface area contributed by atoms with E-state index in [1.807, 2.05) is 36.9 Å². The van der Waals surface area contributed by atoms with Crippen molar-refractivity contribution in [2.24, 2.45) is 0 Å². The zero-order valence-electron chi connectivity index (χ0n) is 18.1. The lowest BCUT2D eigenvalue weighted by Gasteiger charge is -2.21. The highest BCUT2D eigenvalue weighted by atomic mass is 19.1. The summed E-state index contributed by atoms with van der Waals surface area (Å²) in [5, 5.41) is 0. The molecule has 1 saturated heterocycles. The minimum atomic E-state index is -1.84. The van der Waals surface area contributed by atoms with Gasteiger partial charge in [0.25, 0.3) is 5.91 Å². The van der Waals surface area contributed by atoms with E-state index >= 15 is 0 Å². The summed E-state index contributed by atoms with van der Waals surface area (Å²) in [5.74, 6) is -0.508. The van der Waals surface area contributed by atoms with Gasteiger partial charge in [-0.3, -0.25) is 4.79 Å². The normalized spacial score (nSPS) is 19.3. The lowest BCUT2D eigenvalue weighted by molar-refractivity contribution is 0.0763. The third-order valence-corrected chi connectivity index (χ3v) is 5.17. The minimum absolute atomic E-state index is 0.0461. The quantitative estimate of drug-likeness (QED) is 0.621. The van der Waals surface area contributed by atoms with Crippen LogP contribution < -0.4 is 0 Å². The Hall–Kier alpha value is -2.27. The molecule has 1 unspecified atom stereocenters. The molecule has 1 aromatic rings. The van der Waals surface area contributed by atoms with Gasteiger partial charge in [0, 0.05) is 25.2 Å². The van der Waals surface area contributed by atoms with E-state index in [2.05, 4.69) is 11.9 Å². The Bertz CT molecular complexity index is 820. The van der Waals surface area contributed by atoms with Crippen LogP contribution in [0.4, 0.5) is 8.78 Å². The zero-order valence-corrected chi connectivity index (χ0v) is 18.1. The van der Waals surface area contributed by atoms with Crippen LogP contribution in [0.2, 0.25) is 0 Å². The van der Waals surface area contributed by atoms with Gasteiger partial charge in [0.05, 0.1) is 5.83 Å². The number of hydrogen-bond acceptors (Lipinski definition) is 2. The number of carbonyl (C=O) groups is 1. The van der Waals surface area contributed by atoms with Gasteiger partial charge in [-0.05, 0) is 88.7 Å². The number of likely N-dealkylation sites (N-methyl/N-ethyl adjacent to an activating group) is 1. The second kappa shape index (κ2) is 9.97. The first-order valence-corrected chi connectivity index (χ1v) is 10.1. The van der Waals surface area contributed by atoms with Crippen LogP contribution in [0.5, 0.6) is 0 Å². The maximum atomic E-state index is 14.2. The van der Waals surface area contributed by atoms with E-state index in [9.17, 15) is 13.6 Å². The van der Waals surface area contributed by atoms with Crippen LogP contribution in [0, 0.1) is 6.92 Å². The number of nitrogens with zero attached hydrogens (tertiary/aromatic N) is 2. The number of amides is 1. The van der Waals surface area contributed by atoms with Gasteiger partial charge in [0.2, 0.25) is 0 Å². The fourth-order valence-corrected chi connectivity index (χ4v) is 3.52. The van der Waals surface area contributed by atoms with Crippen LogP contribution in [0.15, 0.2) is 48.3 Å². The fourth-order valence-electron chi connectivity index (χ4n) is 3.52. The van der Waals surface area contributed by atoms with Gasteiger partial charge in [0.1, 0.15) is 5.67 Å². The van der Waals surface area contributed by atoms with Gasteiger partial charge in [-0.25, -0.2) is 8.78 Å². The van der Waals surface area contributed by atoms with Crippen molar-refractivity contribution in [3.63, 3.8) is 0 Å². The molecule has 0 spiro atoms. The average Bonchev–Trinajstić information content (AvgIpc) is 2.84. The maximum absolute atomic E-state index is 14.2. The van der Waals surface area contributed by atoms with Crippen LogP contribution >= 0.6 is 0 Å². The highest BCUT2D eigenvalue weighted by Gasteiger charge is 2.20. The van der Waals surface area contributed by atoms with E-state index in [0.29, 0.717) is 5.56 Å². The Morgan fingerprint density at radius 3 is 2.59 bits per heavy atom. The van der Waals surface area contributed by atoms with Crippen molar-refractivity contribution in [2.45, 2.75) is 39.8 Å². The van der Waals surface area contributed by atoms with Crippen LogP contribution in [-0.2, 0) is 0 Å². The second-order valence-electron chi connectivity index (χ2n) is 8.07. The second-order valence-corrected chi connectivity index (χ2v) is 8.07. The van der Waals surface area contributed by atoms with Crippen molar-refractivity contribution in [2.75, 3.05) is 33.2 Å². The summed E-state index contributed by atoms with van der Waals surface area (Å²) in [4.78, 5) is 17.1. The molecule has 2 rings (SSSR count). The van der Waals surface area contributed by atoms with Crippen molar-refractivity contribution >= 4 is 11.5 Å². The van der Waals surface area contributed by atoms with Gasteiger partial charge >= 0.3 is 0 Å². The molecule has 1 heterocycles. The van der Waals surface area contributed by atoms with Crippen molar-refractivity contribution in [3.8, 4) is 0 Å². The van der Waals surface area contributed by atoms with Gasteiger partial charge < -0.3 is 9.80 Å². The number of carbonyl (C=O) groups excluding carboxylic acids is 1. The highest BCUT2D eigenvalue weighted by Crippen LogP contribution is 2.23. The lowest BCUT2D eigenvalue weighted by atomic mass is 9.97. The number of benzene rings is 1. The molecule has 29 heavy (non-hydrogen) atoms. The molecule has 1 fully saturated rings. The molecule has 0 aliphatic carbocycles. The molecule has 1 amide bonds. The first-order valence-electron chi connectivity index (χ1n) is 10.1. The number of allylic oxidation sites excluding steroid dienone is 6. The molecule has 3 nitrogen and oxygen atoms in total. The van der Waals surface area contributed by atoms with Crippen molar-refractivity contribution in [3.05, 3.63) is 65.0 Å². The predicted molar refractivity (Wildman–Crippen MR) is 116 cm³/mol. The third-order valence-electron chi connectivity index (χ3n) is 5.17. The van der Waals surface area contributed by atoms with Crippen LogP contribution in [0.1, 0.15) is 48.7 Å². The predicted octanol–water partition coefficient (Wildman–Crippen LogP) is 5.33. The SMILES string of the molecule is C/C(F)=C\C(C)(F)/C=C\C=C(/C)c1cc(C(=O)N2CCCN(C)CC2)ccc1C.